The average Bonchev–Trinajstić information content (AvgIpc) is 3.94. The number of hydrogen-bond donors (Lipinski definition) is 1. The number of aliphatic hydroxyl groups is 1. The highest BCUT2D eigenvalue weighted by Gasteiger charge is 2.16. The van der Waals surface area contributed by atoms with Crippen LogP contribution in [0.2, 0.25) is 0 Å². The second-order valence-corrected chi connectivity index (χ2v) is 13.4. The van der Waals surface area contributed by atoms with Gasteiger partial charge in [0.15, 0.2) is 11.6 Å². The highest BCUT2D eigenvalue weighted by atomic mass is 79.9. The molecule has 6 aromatic carbocycles. The Morgan fingerprint density at radius 2 is 0.857 bits per heavy atom. The number of methoxy groups -OCH3 is 2. The van der Waals surface area contributed by atoms with Crippen LogP contribution < -0.4 is 9.47 Å². The quantitative estimate of drug-likeness (QED) is 0.121. The zero-order chi connectivity index (χ0) is 38.7. The smallest absolute Gasteiger partial charge is 0.182 e. The Bertz CT molecular complexity index is 2290. The molecule has 12 heteroatoms. The van der Waals surface area contributed by atoms with E-state index in [4.69, 9.17) is 9.47 Å². The third-order valence-electron chi connectivity index (χ3n) is 9.25. The zero-order valence-electron chi connectivity index (χ0n) is 30.9. The molecule has 56 heavy (non-hydrogen) atoms. The first kappa shape index (κ1) is 37.8. The van der Waals surface area contributed by atoms with Crippen LogP contribution in [0.3, 0.4) is 0 Å². The molecule has 0 aliphatic rings. The summed E-state index contributed by atoms with van der Waals surface area (Å²) < 4.78 is 14.1. The van der Waals surface area contributed by atoms with Crippen LogP contribution in [-0.2, 0) is 25.0 Å². The van der Waals surface area contributed by atoms with Gasteiger partial charge in [0.1, 0.15) is 11.5 Å². The Hall–Kier alpha value is -6.50. The van der Waals surface area contributed by atoms with Gasteiger partial charge in [-0.2, -0.15) is 0 Å². The minimum absolute atomic E-state index is 0.0298. The summed E-state index contributed by atoms with van der Waals surface area (Å²) in [6.45, 7) is 1.18. The van der Waals surface area contributed by atoms with Crippen LogP contribution in [0.25, 0.3) is 45.0 Å². The van der Waals surface area contributed by atoms with Crippen LogP contribution in [0.5, 0.6) is 11.5 Å². The number of ether oxygens (including phenoxy) is 2. The fourth-order valence-corrected chi connectivity index (χ4v) is 6.61. The van der Waals surface area contributed by atoms with E-state index in [2.05, 4.69) is 89.4 Å². The van der Waals surface area contributed by atoms with Crippen molar-refractivity contribution >= 4 is 15.9 Å². The standard InChI is InChI=1S/C22H19BrN4O.C22H20N4O2/c1-28-19-12-8-17(9-13-19)15-27-22(24-25-26-27)21-5-3-2-4-20(21)18-10-6-16(14-23)7-11-18;1-28-19-12-8-16(9-13-19)14-26-22(23-24-25-26)21-5-3-2-4-20(21)18-10-6-17(15-27)7-11-18/h2-13H,14-15H2,1H3;2-13,27H,14-15H2,1H3. The topological polar surface area (TPSA) is 126 Å². The van der Waals surface area contributed by atoms with Crippen molar-refractivity contribution in [3.05, 3.63) is 168 Å². The first-order valence-electron chi connectivity index (χ1n) is 17.9. The minimum atomic E-state index is 0.0298. The van der Waals surface area contributed by atoms with Crippen molar-refractivity contribution in [3.8, 4) is 56.5 Å². The molecule has 1 N–H and O–H groups in total. The van der Waals surface area contributed by atoms with Gasteiger partial charge in [-0.25, -0.2) is 9.36 Å². The largest absolute Gasteiger partial charge is 0.497 e. The zero-order valence-corrected chi connectivity index (χ0v) is 32.5. The lowest BCUT2D eigenvalue weighted by Gasteiger charge is -2.11. The van der Waals surface area contributed by atoms with Crippen LogP contribution in [0, 0.1) is 0 Å². The number of tetrazole rings is 2. The van der Waals surface area contributed by atoms with E-state index in [1.165, 1.54) is 5.56 Å². The molecule has 11 nitrogen and oxygen atoms in total. The molecule has 0 fully saturated rings. The Morgan fingerprint density at radius 3 is 1.23 bits per heavy atom. The third kappa shape index (κ3) is 8.89. The number of nitrogens with zero attached hydrogens (tertiary/aromatic N) is 8. The number of halogens is 1. The van der Waals surface area contributed by atoms with Gasteiger partial charge in [-0.3, -0.25) is 0 Å². The van der Waals surface area contributed by atoms with Crippen molar-refractivity contribution in [2.45, 2.75) is 25.0 Å². The van der Waals surface area contributed by atoms with E-state index in [0.29, 0.717) is 18.9 Å². The van der Waals surface area contributed by atoms with Crippen molar-refractivity contribution < 1.29 is 14.6 Å². The van der Waals surface area contributed by atoms with Gasteiger partial charge >= 0.3 is 0 Å². The molecule has 0 bridgehead atoms. The summed E-state index contributed by atoms with van der Waals surface area (Å²) in [6.07, 6.45) is 0. The van der Waals surface area contributed by atoms with Crippen molar-refractivity contribution in [2.24, 2.45) is 0 Å². The molecule has 0 aliphatic carbocycles. The van der Waals surface area contributed by atoms with Crippen molar-refractivity contribution in [1.82, 2.24) is 40.4 Å². The normalized spacial score (nSPS) is 10.8. The maximum atomic E-state index is 9.28. The summed E-state index contributed by atoms with van der Waals surface area (Å²) in [5.41, 5.74) is 10.6. The molecule has 8 rings (SSSR count). The van der Waals surface area contributed by atoms with Gasteiger partial charge in [0, 0.05) is 16.5 Å². The lowest BCUT2D eigenvalue weighted by molar-refractivity contribution is 0.282. The van der Waals surface area contributed by atoms with Crippen molar-refractivity contribution in [1.29, 1.82) is 0 Å². The molecular weight excluding hydrogens is 768 g/mol. The molecule has 8 aromatic rings. The first-order chi connectivity index (χ1) is 27.6. The van der Waals surface area contributed by atoms with Crippen LogP contribution in [0.1, 0.15) is 22.3 Å². The van der Waals surface area contributed by atoms with Crippen LogP contribution in [0.15, 0.2) is 146 Å². The molecule has 0 atom stereocenters. The molecule has 0 saturated carbocycles. The molecule has 0 unspecified atom stereocenters. The first-order valence-corrected chi connectivity index (χ1v) is 19.0. The number of aliphatic hydroxyl groups excluding tert-OH is 1. The van der Waals surface area contributed by atoms with E-state index >= 15 is 0 Å². The number of rotatable bonds is 12. The molecule has 0 aliphatic heterocycles. The van der Waals surface area contributed by atoms with Gasteiger partial charge in [-0.05, 0) is 89.6 Å². The highest BCUT2D eigenvalue weighted by molar-refractivity contribution is 9.08. The summed E-state index contributed by atoms with van der Waals surface area (Å²) in [4.78, 5) is 0. The summed E-state index contributed by atoms with van der Waals surface area (Å²) >= 11 is 3.50. The van der Waals surface area contributed by atoms with E-state index in [-0.39, 0.29) is 6.61 Å². The molecule has 0 saturated heterocycles. The van der Waals surface area contributed by atoms with Crippen LogP contribution in [-0.4, -0.2) is 59.7 Å². The average molecular weight is 808 g/mol. The predicted molar refractivity (Wildman–Crippen MR) is 220 cm³/mol. The lowest BCUT2D eigenvalue weighted by atomic mass is 9.98. The number of benzene rings is 6. The SMILES string of the molecule is COc1ccc(Cn2nnnc2-c2ccccc2-c2ccc(CBr)cc2)cc1.COc1ccc(Cn2nnnc2-c2ccccc2-c2ccc(CO)cc2)cc1. The lowest BCUT2D eigenvalue weighted by Crippen LogP contribution is -2.05. The van der Waals surface area contributed by atoms with E-state index in [1.807, 2.05) is 108 Å². The summed E-state index contributed by atoms with van der Waals surface area (Å²) in [6, 6.07) is 48.4. The van der Waals surface area contributed by atoms with Crippen molar-refractivity contribution in [2.75, 3.05) is 14.2 Å². The molecule has 280 valence electrons. The van der Waals surface area contributed by atoms with Gasteiger partial charge in [0.05, 0.1) is 33.9 Å². The second kappa shape index (κ2) is 18.2. The molecule has 2 aromatic heterocycles. The fraction of sp³-hybridized carbons (Fsp3) is 0.136. The summed E-state index contributed by atoms with van der Waals surface area (Å²) in [5, 5.41) is 34.9. The summed E-state index contributed by atoms with van der Waals surface area (Å²) in [7, 11) is 3.31. The van der Waals surface area contributed by atoms with E-state index < -0.39 is 0 Å². The maximum Gasteiger partial charge on any atom is 0.182 e. The molecular formula is C44H39BrN8O3. The fourth-order valence-electron chi connectivity index (χ4n) is 6.24. The van der Waals surface area contributed by atoms with E-state index in [1.54, 1.807) is 18.9 Å². The van der Waals surface area contributed by atoms with Gasteiger partial charge in [0.2, 0.25) is 0 Å². The van der Waals surface area contributed by atoms with Gasteiger partial charge in [0.25, 0.3) is 0 Å². The Balaban J connectivity index is 0.000000172. The van der Waals surface area contributed by atoms with E-state index in [9.17, 15) is 5.11 Å². The van der Waals surface area contributed by atoms with E-state index in [0.717, 1.165) is 72.7 Å². The Labute approximate surface area is 333 Å². The Kier molecular flexibility index (Phi) is 12.3. The van der Waals surface area contributed by atoms with Crippen LogP contribution >= 0.6 is 15.9 Å². The molecule has 0 radical (unpaired) electrons. The Morgan fingerprint density at radius 1 is 0.482 bits per heavy atom. The van der Waals surface area contributed by atoms with Gasteiger partial charge in [-0.1, -0.05) is 137 Å². The van der Waals surface area contributed by atoms with Crippen LogP contribution in [0.4, 0.5) is 0 Å². The molecule has 2 heterocycles. The molecule has 0 amide bonds. The van der Waals surface area contributed by atoms with Crippen molar-refractivity contribution in [3.63, 3.8) is 0 Å². The minimum Gasteiger partial charge on any atom is -0.497 e. The molecule has 0 spiro atoms. The number of alkyl halides is 1. The van der Waals surface area contributed by atoms with Gasteiger partial charge in [-0.15, -0.1) is 10.2 Å². The number of aromatic nitrogens is 8. The highest BCUT2D eigenvalue weighted by Crippen LogP contribution is 2.33. The monoisotopic (exact) mass is 806 g/mol. The second-order valence-electron chi connectivity index (χ2n) is 12.8. The predicted octanol–water partition coefficient (Wildman–Crippen LogP) is 8.52. The maximum absolute atomic E-state index is 9.28. The summed E-state index contributed by atoms with van der Waals surface area (Å²) in [5.74, 6) is 3.10. The third-order valence-corrected chi connectivity index (χ3v) is 9.90. The van der Waals surface area contributed by atoms with Gasteiger partial charge < -0.3 is 14.6 Å². The number of hydrogen-bond acceptors (Lipinski definition) is 9.